The van der Waals surface area contributed by atoms with E-state index in [4.69, 9.17) is 11.6 Å². The SMILES string of the molecule is CN(C)c1ccc(C=C2C(=O)Nc3ccc(Cl)cc32)cc1. The summed E-state index contributed by atoms with van der Waals surface area (Å²) in [5.41, 5.74) is 4.41. The molecule has 2 aromatic rings. The van der Waals surface area contributed by atoms with Crippen LogP contribution in [0.4, 0.5) is 11.4 Å². The van der Waals surface area contributed by atoms with E-state index in [1.165, 1.54) is 0 Å². The molecule has 0 saturated carbocycles. The number of carbonyl (C=O) groups is 1. The first-order valence-electron chi connectivity index (χ1n) is 6.65. The highest BCUT2D eigenvalue weighted by atomic mass is 35.5. The van der Waals surface area contributed by atoms with Crippen LogP contribution in [0.5, 0.6) is 0 Å². The van der Waals surface area contributed by atoms with Gasteiger partial charge in [-0.3, -0.25) is 4.79 Å². The Labute approximate surface area is 128 Å². The lowest BCUT2D eigenvalue weighted by atomic mass is 10.0. The Kier molecular flexibility index (Phi) is 3.43. The third-order valence-corrected chi connectivity index (χ3v) is 3.72. The van der Waals surface area contributed by atoms with E-state index in [2.05, 4.69) is 5.32 Å². The van der Waals surface area contributed by atoms with Crippen LogP contribution in [0.2, 0.25) is 5.02 Å². The number of anilines is 2. The molecule has 0 aliphatic carbocycles. The monoisotopic (exact) mass is 298 g/mol. The minimum atomic E-state index is -0.0936. The number of rotatable bonds is 2. The van der Waals surface area contributed by atoms with Gasteiger partial charge in [-0.2, -0.15) is 0 Å². The van der Waals surface area contributed by atoms with Gasteiger partial charge in [0.2, 0.25) is 0 Å². The van der Waals surface area contributed by atoms with Crippen LogP contribution in [0.1, 0.15) is 11.1 Å². The van der Waals surface area contributed by atoms with Gasteiger partial charge in [0, 0.05) is 41.6 Å². The highest BCUT2D eigenvalue weighted by Crippen LogP contribution is 2.35. The molecule has 106 valence electrons. The number of nitrogens with one attached hydrogen (secondary N) is 1. The second-order valence-corrected chi connectivity index (χ2v) is 5.62. The lowest BCUT2D eigenvalue weighted by molar-refractivity contribution is -0.110. The van der Waals surface area contributed by atoms with Crippen molar-refractivity contribution in [1.29, 1.82) is 0 Å². The highest BCUT2D eigenvalue weighted by molar-refractivity contribution is 6.36. The maximum Gasteiger partial charge on any atom is 0.256 e. The molecule has 3 rings (SSSR count). The third kappa shape index (κ3) is 2.65. The van der Waals surface area contributed by atoms with Crippen molar-refractivity contribution in [2.75, 3.05) is 24.3 Å². The summed E-state index contributed by atoms with van der Waals surface area (Å²) in [6.45, 7) is 0. The number of carbonyl (C=O) groups excluding carboxylic acids is 1. The summed E-state index contributed by atoms with van der Waals surface area (Å²) in [6.07, 6.45) is 1.89. The van der Waals surface area contributed by atoms with Crippen molar-refractivity contribution in [3.05, 3.63) is 58.6 Å². The average Bonchev–Trinajstić information content (AvgIpc) is 2.76. The lowest BCUT2D eigenvalue weighted by Gasteiger charge is -2.11. The molecule has 1 aliphatic rings. The van der Waals surface area contributed by atoms with Gasteiger partial charge in [0.1, 0.15) is 0 Å². The summed E-state index contributed by atoms with van der Waals surface area (Å²) >= 11 is 6.02. The maximum absolute atomic E-state index is 12.1. The molecule has 1 N–H and O–H groups in total. The lowest BCUT2D eigenvalue weighted by Crippen LogP contribution is -2.08. The third-order valence-electron chi connectivity index (χ3n) is 3.49. The summed E-state index contributed by atoms with van der Waals surface area (Å²) in [4.78, 5) is 14.1. The van der Waals surface area contributed by atoms with Gasteiger partial charge >= 0.3 is 0 Å². The van der Waals surface area contributed by atoms with Crippen LogP contribution in [-0.4, -0.2) is 20.0 Å². The quantitative estimate of drug-likeness (QED) is 0.853. The second kappa shape index (κ2) is 5.26. The number of hydrogen-bond acceptors (Lipinski definition) is 2. The highest BCUT2D eigenvalue weighted by Gasteiger charge is 2.24. The smallest absolute Gasteiger partial charge is 0.256 e. The van der Waals surface area contributed by atoms with Crippen molar-refractivity contribution < 1.29 is 4.79 Å². The molecule has 0 spiro atoms. The van der Waals surface area contributed by atoms with Gasteiger partial charge < -0.3 is 10.2 Å². The minimum absolute atomic E-state index is 0.0936. The van der Waals surface area contributed by atoms with Crippen molar-refractivity contribution >= 4 is 40.5 Å². The van der Waals surface area contributed by atoms with Crippen LogP contribution in [0.25, 0.3) is 11.6 Å². The molecule has 0 atom stereocenters. The first-order valence-corrected chi connectivity index (χ1v) is 7.03. The van der Waals surface area contributed by atoms with E-state index in [-0.39, 0.29) is 5.91 Å². The predicted octanol–water partition coefficient (Wildman–Crippen LogP) is 3.90. The molecule has 3 nitrogen and oxygen atoms in total. The fraction of sp³-hybridized carbons (Fsp3) is 0.118. The number of benzene rings is 2. The van der Waals surface area contributed by atoms with Crippen molar-refractivity contribution in [1.82, 2.24) is 0 Å². The molecule has 0 fully saturated rings. The van der Waals surface area contributed by atoms with Crippen LogP contribution < -0.4 is 10.2 Å². The van der Waals surface area contributed by atoms with Gasteiger partial charge in [-0.25, -0.2) is 0 Å². The Balaban J connectivity index is 2.00. The number of halogens is 1. The van der Waals surface area contributed by atoms with Crippen molar-refractivity contribution in [3.63, 3.8) is 0 Å². The zero-order valence-corrected chi connectivity index (χ0v) is 12.6. The predicted molar refractivity (Wildman–Crippen MR) is 88.7 cm³/mol. The normalized spacial score (nSPS) is 15.0. The Hall–Kier alpha value is -2.26. The van der Waals surface area contributed by atoms with Crippen LogP contribution in [0, 0.1) is 0 Å². The zero-order valence-electron chi connectivity index (χ0n) is 11.9. The molecular formula is C17H15ClN2O. The second-order valence-electron chi connectivity index (χ2n) is 5.19. The van der Waals surface area contributed by atoms with Crippen LogP contribution in [0.15, 0.2) is 42.5 Å². The van der Waals surface area contributed by atoms with Gasteiger partial charge in [-0.1, -0.05) is 23.7 Å². The Morgan fingerprint density at radius 2 is 1.81 bits per heavy atom. The van der Waals surface area contributed by atoms with Crippen LogP contribution in [-0.2, 0) is 4.79 Å². The fourth-order valence-corrected chi connectivity index (χ4v) is 2.51. The summed E-state index contributed by atoms with van der Waals surface area (Å²) in [5.74, 6) is -0.0936. The van der Waals surface area contributed by atoms with E-state index in [1.54, 1.807) is 6.07 Å². The van der Waals surface area contributed by atoms with Crippen LogP contribution >= 0.6 is 11.6 Å². The Morgan fingerprint density at radius 1 is 1.10 bits per heavy atom. The first kappa shape index (κ1) is 13.7. The summed E-state index contributed by atoms with van der Waals surface area (Å²) in [5, 5.41) is 3.47. The van der Waals surface area contributed by atoms with E-state index < -0.39 is 0 Å². The molecule has 0 aromatic heterocycles. The molecule has 4 heteroatoms. The van der Waals surface area contributed by atoms with Crippen molar-refractivity contribution in [2.45, 2.75) is 0 Å². The molecule has 0 unspecified atom stereocenters. The van der Waals surface area contributed by atoms with E-state index in [0.717, 1.165) is 22.5 Å². The molecule has 2 aromatic carbocycles. The Bertz CT molecular complexity index is 733. The van der Waals surface area contributed by atoms with E-state index in [0.29, 0.717) is 10.6 Å². The van der Waals surface area contributed by atoms with Gasteiger partial charge in [-0.05, 0) is 42.0 Å². The van der Waals surface area contributed by atoms with Crippen molar-refractivity contribution in [2.24, 2.45) is 0 Å². The number of nitrogens with zero attached hydrogens (tertiary/aromatic N) is 1. The first-order chi connectivity index (χ1) is 10.0. The molecule has 1 amide bonds. The topological polar surface area (TPSA) is 32.3 Å². The number of amides is 1. The molecular weight excluding hydrogens is 284 g/mol. The van der Waals surface area contributed by atoms with E-state index in [9.17, 15) is 4.79 Å². The van der Waals surface area contributed by atoms with Gasteiger partial charge in [0.15, 0.2) is 0 Å². The molecule has 1 heterocycles. The summed E-state index contributed by atoms with van der Waals surface area (Å²) in [6, 6.07) is 13.5. The van der Waals surface area contributed by atoms with E-state index in [1.807, 2.05) is 61.5 Å². The zero-order chi connectivity index (χ0) is 15.0. The Morgan fingerprint density at radius 3 is 2.48 bits per heavy atom. The standard InChI is InChI=1S/C17H15ClN2O/c1-20(2)13-6-3-11(4-7-13)9-15-14-10-12(18)5-8-16(14)19-17(15)21/h3-10H,1-2H3,(H,19,21). The van der Waals surface area contributed by atoms with Gasteiger partial charge in [0.25, 0.3) is 5.91 Å². The summed E-state index contributed by atoms with van der Waals surface area (Å²) < 4.78 is 0. The number of fused-ring (bicyclic) bond motifs is 1. The molecule has 1 aliphatic heterocycles. The van der Waals surface area contributed by atoms with Crippen LogP contribution in [0.3, 0.4) is 0 Å². The molecule has 0 radical (unpaired) electrons. The van der Waals surface area contributed by atoms with Gasteiger partial charge in [-0.15, -0.1) is 0 Å². The minimum Gasteiger partial charge on any atom is -0.378 e. The van der Waals surface area contributed by atoms with Crippen molar-refractivity contribution in [3.8, 4) is 0 Å². The molecule has 21 heavy (non-hydrogen) atoms. The van der Waals surface area contributed by atoms with Gasteiger partial charge in [0.05, 0.1) is 0 Å². The molecule has 0 saturated heterocycles. The largest absolute Gasteiger partial charge is 0.378 e. The van der Waals surface area contributed by atoms with E-state index >= 15 is 0 Å². The summed E-state index contributed by atoms with van der Waals surface area (Å²) in [7, 11) is 3.99. The number of hydrogen-bond donors (Lipinski definition) is 1. The maximum atomic E-state index is 12.1. The molecule has 0 bridgehead atoms. The average molecular weight is 299 g/mol. The fourth-order valence-electron chi connectivity index (χ4n) is 2.34.